The van der Waals surface area contributed by atoms with E-state index >= 15 is 0 Å². The fourth-order valence-electron chi connectivity index (χ4n) is 2.22. The quantitative estimate of drug-likeness (QED) is 0.635. The van der Waals surface area contributed by atoms with Crippen LogP contribution in [0.3, 0.4) is 0 Å². The van der Waals surface area contributed by atoms with Crippen molar-refractivity contribution in [1.82, 2.24) is 10.2 Å². The fourth-order valence-corrected chi connectivity index (χ4v) is 2.22. The van der Waals surface area contributed by atoms with E-state index < -0.39 is 5.97 Å². The number of amides is 2. The maximum atomic E-state index is 11.4. The number of fused-ring (bicyclic) bond motifs is 1. The average Bonchev–Trinajstić information content (AvgIpc) is 2.18. The van der Waals surface area contributed by atoms with Crippen molar-refractivity contribution in [3.05, 3.63) is 0 Å². The molecule has 5 heteroatoms. The number of carboxylic acid groups (broad SMARTS) is 1. The molecule has 0 aliphatic carbocycles. The highest BCUT2D eigenvalue weighted by Gasteiger charge is 2.36. The van der Waals surface area contributed by atoms with E-state index in [-0.39, 0.29) is 18.0 Å². The van der Waals surface area contributed by atoms with E-state index in [9.17, 15) is 9.59 Å². The monoisotopic (exact) mass is 198 g/mol. The van der Waals surface area contributed by atoms with Crippen LogP contribution in [-0.2, 0) is 4.79 Å². The minimum absolute atomic E-state index is 0.104. The molecule has 0 bridgehead atoms. The lowest BCUT2D eigenvalue weighted by atomic mass is 9.90. The van der Waals surface area contributed by atoms with Crippen LogP contribution in [0.2, 0.25) is 0 Å². The van der Waals surface area contributed by atoms with Crippen LogP contribution in [0.5, 0.6) is 0 Å². The molecule has 0 aromatic carbocycles. The van der Waals surface area contributed by atoms with Crippen molar-refractivity contribution in [1.29, 1.82) is 0 Å². The number of aliphatic carboxylic acids is 1. The fraction of sp³-hybridized carbons (Fsp3) is 0.778. The lowest BCUT2D eigenvalue weighted by Crippen LogP contribution is -2.56. The standard InChI is InChI=1S/C9H14N2O3/c12-8(13)6-1-2-7-3-4-10-9(14)11(7)5-6/h6-7H,1-5H2,(H,10,14)(H,12,13). The summed E-state index contributed by atoms with van der Waals surface area (Å²) in [7, 11) is 0. The number of rotatable bonds is 1. The number of nitrogens with zero attached hydrogens (tertiary/aromatic N) is 1. The molecule has 2 aliphatic rings. The molecule has 2 N–H and O–H groups in total. The van der Waals surface area contributed by atoms with Gasteiger partial charge in [0.15, 0.2) is 0 Å². The smallest absolute Gasteiger partial charge is 0.317 e. The van der Waals surface area contributed by atoms with Crippen molar-refractivity contribution in [2.45, 2.75) is 25.3 Å². The topological polar surface area (TPSA) is 69.6 Å². The summed E-state index contributed by atoms with van der Waals surface area (Å²) in [6.45, 7) is 1.09. The second kappa shape index (κ2) is 3.48. The molecule has 0 spiro atoms. The van der Waals surface area contributed by atoms with Crippen LogP contribution in [0, 0.1) is 5.92 Å². The number of urea groups is 1. The third-order valence-electron chi connectivity index (χ3n) is 3.07. The predicted molar refractivity (Wildman–Crippen MR) is 48.9 cm³/mol. The van der Waals surface area contributed by atoms with Gasteiger partial charge >= 0.3 is 12.0 Å². The summed E-state index contributed by atoms with van der Waals surface area (Å²) in [4.78, 5) is 23.9. The number of carbonyl (C=O) groups excluding carboxylic acids is 1. The Hall–Kier alpha value is -1.26. The highest BCUT2D eigenvalue weighted by Crippen LogP contribution is 2.25. The van der Waals surface area contributed by atoms with Crippen molar-refractivity contribution in [2.24, 2.45) is 5.92 Å². The molecule has 0 aromatic heterocycles. The molecule has 2 heterocycles. The first-order chi connectivity index (χ1) is 6.68. The van der Waals surface area contributed by atoms with Gasteiger partial charge in [0.2, 0.25) is 0 Å². The molecule has 5 nitrogen and oxygen atoms in total. The first kappa shape index (κ1) is 9.30. The van der Waals surface area contributed by atoms with E-state index in [0.29, 0.717) is 13.0 Å². The maximum absolute atomic E-state index is 11.4. The van der Waals surface area contributed by atoms with Gasteiger partial charge in [-0.15, -0.1) is 0 Å². The molecule has 2 aliphatic heterocycles. The van der Waals surface area contributed by atoms with E-state index in [2.05, 4.69) is 5.32 Å². The van der Waals surface area contributed by atoms with Crippen molar-refractivity contribution >= 4 is 12.0 Å². The molecule has 0 saturated carbocycles. The minimum atomic E-state index is -0.790. The van der Waals surface area contributed by atoms with Gasteiger partial charge in [0, 0.05) is 19.1 Å². The van der Waals surface area contributed by atoms with Crippen molar-refractivity contribution in [3.8, 4) is 0 Å². The number of carbonyl (C=O) groups is 2. The first-order valence-electron chi connectivity index (χ1n) is 4.96. The zero-order valence-corrected chi connectivity index (χ0v) is 7.90. The van der Waals surface area contributed by atoms with Gasteiger partial charge in [0.1, 0.15) is 0 Å². The second-order valence-corrected chi connectivity index (χ2v) is 3.94. The summed E-state index contributed by atoms with van der Waals surface area (Å²) in [6.07, 6.45) is 2.46. The molecular weight excluding hydrogens is 184 g/mol. The summed E-state index contributed by atoms with van der Waals surface area (Å²) in [6, 6.07) is 0.159. The van der Waals surface area contributed by atoms with Crippen molar-refractivity contribution in [3.63, 3.8) is 0 Å². The molecule has 2 fully saturated rings. The van der Waals surface area contributed by atoms with Gasteiger partial charge in [-0.1, -0.05) is 0 Å². The van der Waals surface area contributed by atoms with E-state index in [1.165, 1.54) is 0 Å². The van der Waals surface area contributed by atoms with Gasteiger partial charge in [-0.2, -0.15) is 0 Å². The number of hydrogen-bond donors (Lipinski definition) is 2. The van der Waals surface area contributed by atoms with Crippen molar-refractivity contribution < 1.29 is 14.7 Å². The number of nitrogens with one attached hydrogen (secondary N) is 1. The van der Waals surface area contributed by atoms with Crippen LogP contribution in [0.25, 0.3) is 0 Å². The Morgan fingerprint density at radius 3 is 2.93 bits per heavy atom. The molecule has 14 heavy (non-hydrogen) atoms. The average molecular weight is 198 g/mol. The van der Waals surface area contributed by atoms with Gasteiger partial charge < -0.3 is 15.3 Å². The highest BCUT2D eigenvalue weighted by atomic mass is 16.4. The lowest BCUT2D eigenvalue weighted by molar-refractivity contribution is -0.143. The van der Waals surface area contributed by atoms with Crippen LogP contribution < -0.4 is 5.32 Å². The summed E-state index contributed by atoms with van der Waals surface area (Å²) in [5, 5.41) is 11.6. The Bertz CT molecular complexity index is 267. The molecule has 0 radical (unpaired) electrons. The molecule has 2 amide bonds. The normalized spacial score (nSPS) is 32.0. The maximum Gasteiger partial charge on any atom is 0.317 e. The van der Waals surface area contributed by atoms with Crippen LogP contribution >= 0.6 is 0 Å². The molecule has 78 valence electrons. The molecule has 0 aromatic rings. The minimum Gasteiger partial charge on any atom is -0.481 e. The summed E-state index contributed by atoms with van der Waals surface area (Å²) >= 11 is 0. The third kappa shape index (κ3) is 1.54. The Morgan fingerprint density at radius 2 is 2.21 bits per heavy atom. The largest absolute Gasteiger partial charge is 0.481 e. The molecule has 2 saturated heterocycles. The summed E-state index contributed by atoms with van der Waals surface area (Å²) in [5.74, 6) is -1.17. The van der Waals surface area contributed by atoms with Gasteiger partial charge in [-0.05, 0) is 19.3 Å². The zero-order valence-electron chi connectivity index (χ0n) is 7.90. The SMILES string of the molecule is O=C(O)C1CCC2CCNC(=O)N2C1. The van der Waals surface area contributed by atoms with Gasteiger partial charge in [0.25, 0.3) is 0 Å². The number of hydrogen-bond acceptors (Lipinski definition) is 2. The Morgan fingerprint density at radius 1 is 1.43 bits per heavy atom. The lowest BCUT2D eigenvalue weighted by Gasteiger charge is -2.41. The van der Waals surface area contributed by atoms with E-state index in [0.717, 1.165) is 19.4 Å². The van der Waals surface area contributed by atoms with E-state index in [1.54, 1.807) is 4.90 Å². The zero-order chi connectivity index (χ0) is 10.1. The van der Waals surface area contributed by atoms with Crippen LogP contribution in [0.4, 0.5) is 4.79 Å². The summed E-state index contributed by atoms with van der Waals surface area (Å²) in [5.41, 5.74) is 0. The third-order valence-corrected chi connectivity index (χ3v) is 3.07. The van der Waals surface area contributed by atoms with Crippen LogP contribution in [-0.4, -0.2) is 41.1 Å². The molecule has 2 rings (SSSR count). The second-order valence-electron chi connectivity index (χ2n) is 3.94. The van der Waals surface area contributed by atoms with Crippen LogP contribution in [0.15, 0.2) is 0 Å². The Kier molecular flexibility index (Phi) is 2.31. The number of carboxylic acids is 1. The van der Waals surface area contributed by atoms with Crippen LogP contribution in [0.1, 0.15) is 19.3 Å². The molecule has 2 atom stereocenters. The Labute approximate surface area is 82.1 Å². The van der Waals surface area contributed by atoms with E-state index in [4.69, 9.17) is 5.11 Å². The Balaban J connectivity index is 2.05. The molecule has 2 unspecified atom stereocenters. The van der Waals surface area contributed by atoms with E-state index in [1.807, 2.05) is 0 Å². The van der Waals surface area contributed by atoms with Gasteiger partial charge in [-0.25, -0.2) is 4.79 Å². The predicted octanol–water partition coefficient (Wildman–Crippen LogP) is 0.265. The summed E-state index contributed by atoms with van der Waals surface area (Å²) < 4.78 is 0. The number of piperidine rings is 1. The first-order valence-corrected chi connectivity index (χ1v) is 4.96. The van der Waals surface area contributed by atoms with Gasteiger partial charge in [-0.3, -0.25) is 4.79 Å². The molecular formula is C9H14N2O3. The van der Waals surface area contributed by atoms with Gasteiger partial charge in [0.05, 0.1) is 5.92 Å². The highest BCUT2D eigenvalue weighted by molar-refractivity contribution is 5.77. The van der Waals surface area contributed by atoms with Crippen molar-refractivity contribution in [2.75, 3.05) is 13.1 Å².